The van der Waals surface area contributed by atoms with Crippen molar-refractivity contribution >= 4 is 85.8 Å². The van der Waals surface area contributed by atoms with Gasteiger partial charge in [0.25, 0.3) is 0 Å². The molecule has 11 heteroatoms. The van der Waals surface area contributed by atoms with Crippen LogP contribution in [-0.4, -0.2) is 103 Å². The van der Waals surface area contributed by atoms with Crippen molar-refractivity contribution in [2.75, 3.05) is 0 Å². The standard InChI is InChI=1S/Al.Ba.H2O4S.H2O3Si.5H/c;;1-5(2,3)4;1-4(2)3;;;;;/h;;(H2,1,2,3,4);1-2H;;;;;. The molecular formula is H9AlBaO7SSi. The van der Waals surface area contributed by atoms with Crippen LogP contribution in [0.15, 0.2) is 0 Å². The molecule has 7 nitrogen and oxygen atoms in total. The summed E-state index contributed by atoms with van der Waals surface area (Å²) >= 11 is 0. The molecular weight excluding hydrogens is 336 g/mol. The molecule has 0 aromatic carbocycles. The topological polar surface area (TPSA) is 132 Å². The van der Waals surface area contributed by atoms with Crippen LogP contribution in [-0.2, 0) is 14.9 Å². The second-order valence-electron chi connectivity index (χ2n) is 0.730. The normalized spacial score (nSPS) is 7.45. The fourth-order valence-electron chi connectivity index (χ4n) is 0. The zero-order chi connectivity index (χ0) is 8.08. The van der Waals surface area contributed by atoms with E-state index in [0.29, 0.717) is 0 Å². The molecule has 0 atom stereocenters. The van der Waals surface area contributed by atoms with Gasteiger partial charge in [-0.1, -0.05) is 0 Å². The SMILES string of the molecule is O=S(=O)(O)O.O=[Si](O)O.[AlH3].[BaH2]. The van der Waals surface area contributed by atoms with E-state index < -0.39 is 19.6 Å². The van der Waals surface area contributed by atoms with Crippen LogP contribution in [0.2, 0.25) is 0 Å². The minimum atomic E-state index is -4.67. The third-order valence-electron chi connectivity index (χ3n) is 0. The molecule has 4 N–H and O–H groups in total. The first kappa shape index (κ1) is 22.9. The quantitative estimate of drug-likeness (QED) is 0.258. The summed E-state index contributed by atoms with van der Waals surface area (Å²) in [6, 6.07) is 0. The third-order valence-corrected chi connectivity index (χ3v) is 0. The van der Waals surface area contributed by atoms with E-state index in [0.717, 1.165) is 0 Å². The van der Waals surface area contributed by atoms with E-state index in [1.54, 1.807) is 0 Å². The fourth-order valence-corrected chi connectivity index (χ4v) is 0. The average molecular weight is 346 g/mol. The second kappa shape index (κ2) is 11.6. The maximum atomic E-state index is 8.74. The molecule has 0 aromatic heterocycles. The first-order valence-corrected chi connectivity index (χ1v) is 4.05. The first-order chi connectivity index (χ1) is 3.73. The Hall–Kier alpha value is 1.59. The Morgan fingerprint density at radius 1 is 1.09 bits per heavy atom. The van der Waals surface area contributed by atoms with Gasteiger partial charge in [0.2, 0.25) is 0 Å². The van der Waals surface area contributed by atoms with Gasteiger partial charge in [0, 0.05) is 0 Å². The van der Waals surface area contributed by atoms with Gasteiger partial charge >= 0.3 is 68.5 Å². The van der Waals surface area contributed by atoms with Crippen molar-refractivity contribution in [3.63, 3.8) is 0 Å². The van der Waals surface area contributed by atoms with Gasteiger partial charge in [-0.15, -0.1) is 0 Å². The van der Waals surface area contributed by atoms with Gasteiger partial charge in [0.1, 0.15) is 0 Å². The van der Waals surface area contributed by atoms with Crippen molar-refractivity contribution in [3.8, 4) is 0 Å². The van der Waals surface area contributed by atoms with Crippen molar-refractivity contribution < 1.29 is 31.6 Å². The molecule has 0 fully saturated rings. The van der Waals surface area contributed by atoms with Crippen molar-refractivity contribution in [2.45, 2.75) is 0 Å². The summed E-state index contributed by atoms with van der Waals surface area (Å²) in [6.07, 6.45) is 0. The molecule has 66 valence electrons. The van der Waals surface area contributed by atoms with Crippen molar-refractivity contribution in [1.82, 2.24) is 0 Å². The molecule has 0 bridgehead atoms. The van der Waals surface area contributed by atoms with Crippen molar-refractivity contribution in [3.05, 3.63) is 0 Å². The number of rotatable bonds is 0. The van der Waals surface area contributed by atoms with Crippen LogP contribution in [0.1, 0.15) is 0 Å². The molecule has 0 aliphatic heterocycles. The average Bonchev–Trinajstić information content (AvgIpc) is 1.19. The Kier molecular flexibility index (Phi) is 24.2. The molecule has 0 radical (unpaired) electrons. The molecule has 0 unspecified atom stereocenters. The predicted molar refractivity (Wildman–Crippen MR) is 43.5 cm³/mol. The van der Waals surface area contributed by atoms with E-state index in [-0.39, 0.29) is 66.2 Å². The summed E-state index contributed by atoms with van der Waals surface area (Å²) < 4.78 is 40.3. The Balaban J connectivity index is -0.0000000383. The van der Waals surface area contributed by atoms with E-state index in [4.69, 9.17) is 31.6 Å². The Morgan fingerprint density at radius 2 is 1.09 bits per heavy atom. The van der Waals surface area contributed by atoms with Crippen LogP contribution in [0.4, 0.5) is 0 Å². The Bertz CT molecular complexity index is 161. The van der Waals surface area contributed by atoms with Gasteiger partial charge < -0.3 is 9.59 Å². The van der Waals surface area contributed by atoms with Crippen molar-refractivity contribution in [1.29, 1.82) is 0 Å². The zero-order valence-electron chi connectivity index (χ0n) is 3.92. The van der Waals surface area contributed by atoms with Crippen LogP contribution in [0.5, 0.6) is 0 Å². The van der Waals surface area contributed by atoms with Crippen LogP contribution >= 0.6 is 0 Å². The Morgan fingerprint density at radius 3 is 1.09 bits per heavy atom. The van der Waals surface area contributed by atoms with Crippen LogP contribution in [0.25, 0.3) is 0 Å². The maximum absolute atomic E-state index is 8.74. The molecule has 0 saturated heterocycles. The van der Waals surface area contributed by atoms with Gasteiger partial charge in [-0.05, 0) is 0 Å². The predicted octanol–water partition coefficient (Wildman–Crippen LogP) is -4.37. The summed E-state index contributed by atoms with van der Waals surface area (Å²) in [5, 5.41) is 0. The molecule has 0 aromatic rings. The van der Waals surface area contributed by atoms with E-state index in [1.807, 2.05) is 0 Å². The number of hydrogen-bond acceptors (Lipinski definition) is 3. The third kappa shape index (κ3) is 421. The summed E-state index contributed by atoms with van der Waals surface area (Å²) in [5.74, 6) is 0. The van der Waals surface area contributed by atoms with Crippen LogP contribution < -0.4 is 0 Å². The number of hydrogen-bond donors (Lipinski definition) is 4. The molecule has 0 aliphatic carbocycles. The molecule has 0 spiro atoms. The van der Waals surface area contributed by atoms with E-state index in [2.05, 4.69) is 0 Å². The minimum absolute atomic E-state index is 0. The Labute approximate surface area is 116 Å². The first-order valence-electron chi connectivity index (χ1n) is 1.35. The summed E-state index contributed by atoms with van der Waals surface area (Å²) in [7, 11) is -7.80. The zero-order valence-corrected chi connectivity index (χ0v) is 5.74. The summed E-state index contributed by atoms with van der Waals surface area (Å²) in [6.45, 7) is 0. The van der Waals surface area contributed by atoms with Gasteiger partial charge in [-0.2, -0.15) is 8.42 Å². The van der Waals surface area contributed by atoms with Gasteiger partial charge in [-0.25, -0.2) is 0 Å². The molecule has 0 saturated carbocycles. The van der Waals surface area contributed by atoms with Gasteiger partial charge in [0.05, 0.1) is 0 Å². The summed E-state index contributed by atoms with van der Waals surface area (Å²) in [4.78, 5) is 14.3. The van der Waals surface area contributed by atoms with E-state index in [9.17, 15) is 0 Å². The molecule has 0 rings (SSSR count). The molecule has 11 heavy (non-hydrogen) atoms. The van der Waals surface area contributed by atoms with Crippen LogP contribution in [0.3, 0.4) is 0 Å². The monoisotopic (exact) mass is 346 g/mol. The molecule has 0 amide bonds. The molecule has 0 heterocycles. The fraction of sp³-hybridized carbons (Fsp3) is 0. The van der Waals surface area contributed by atoms with E-state index in [1.165, 1.54) is 0 Å². The van der Waals surface area contributed by atoms with Gasteiger partial charge in [0.15, 0.2) is 17.4 Å². The summed E-state index contributed by atoms with van der Waals surface area (Å²) in [5.41, 5.74) is 0. The molecule has 0 aliphatic rings. The van der Waals surface area contributed by atoms with Gasteiger partial charge in [-0.3, -0.25) is 13.6 Å². The second-order valence-corrected chi connectivity index (χ2v) is 2.19. The van der Waals surface area contributed by atoms with E-state index >= 15 is 0 Å². The van der Waals surface area contributed by atoms with Crippen LogP contribution in [0, 0.1) is 0 Å². The van der Waals surface area contributed by atoms with Crippen molar-refractivity contribution in [2.24, 2.45) is 0 Å².